The fourth-order valence-electron chi connectivity index (χ4n) is 2.27. The molecule has 1 aliphatic rings. The van der Waals surface area contributed by atoms with Crippen LogP contribution >= 0.6 is 15.9 Å². The molecule has 4 nitrogen and oxygen atoms in total. The standard InChI is InChI=1S/C13H17BrN2O2/c14-10-5-6-11(13(15)16-17)12(7-10)18-8-9-3-1-2-4-9/h5-7,9,17H,1-4,8H2,(H2,15,16). The van der Waals surface area contributed by atoms with Crippen LogP contribution in [0.2, 0.25) is 0 Å². The normalized spacial score (nSPS) is 17.1. The molecule has 0 bridgehead atoms. The van der Waals surface area contributed by atoms with E-state index in [1.54, 1.807) is 6.07 Å². The Balaban J connectivity index is 2.11. The SMILES string of the molecule is N/C(=N/O)c1ccc(Br)cc1OCC1CCCC1. The molecule has 0 amide bonds. The summed E-state index contributed by atoms with van der Waals surface area (Å²) in [5.41, 5.74) is 6.26. The molecule has 3 N–H and O–H groups in total. The highest BCUT2D eigenvalue weighted by Crippen LogP contribution is 2.28. The van der Waals surface area contributed by atoms with Crippen LogP contribution in [0, 0.1) is 5.92 Å². The summed E-state index contributed by atoms with van der Waals surface area (Å²) in [6.07, 6.45) is 5.04. The zero-order valence-electron chi connectivity index (χ0n) is 10.1. The van der Waals surface area contributed by atoms with E-state index in [1.165, 1.54) is 25.7 Å². The summed E-state index contributed by atoms with van der Waals surface area (Å²) >= 11 is 3.40. The summed E-state index contributed by atoms with van der Waals surface area (Å²) in [5.74, 6) is 1.36. The minimum Gasteiger partial charge on any atom is -0.492 e. The molecular formula is C13H17BrN2O2. The second-order valence-electron chi connectivity index (χ2n) is 4.59. The fourth-order valence-corrected chi connectivity index (χ4v) is 2.61. The Hall–Kier alpha value is -1.23. The topological polar surface area (TPSA) is 67.8 Å². The maximum atomic E-state index is 8.76. The van der Waals surface area contributed by atoms with Gasteiger partial charge in [0, 0.05) is 4.47 Å². The van der Waals surface area contributed by atoms with Crippen molar-refractivity contribution in [3.8, 4) is 5.75 Å². The lowest BCUT2D eigenvalue weighted by molar-refractivity contribution is 0.251. The van der Waals surface area contributed by atoms with Gasteiger partial charge in [0.2, 0.25) is 0 Å². The van der Waals surface area contributed by atoms with Crippen LogP contribution in [0.4, 0.5) is 0 Å². The summed E-state index contributed by atoms with van der Waals surface area (Å²) in [4.78, 5) is 0. The number of oxime groups is 1. The van der Waals surface area contributed by atoms with Crippen molar-refractivity contribution in [3.05, 3.63) is 28.2 Å². The maximum absolute atomic E-state index is 8.76. The molecule has 1 aromatic carbocycles. The van der Waals surface area contributed by atoms with Gasteiger partial charge in [-0.3, -0.25) is 0 Å². The fraction of sp³-hybridized carbons (Fsp3) is 0.462. The molecule has 1 saturated carbocycles. The smallest absolute Gasteiger partial charge is 0.173 e. The van der Waals surface area contributed by atoms with Crippen LogP contribution in [-0.4, -0.2) is 17.6 Å². The first-order chi connectivity index (χ1) is 8.70. The van der Waals surface area contributed by atoms with Gasteiger partial charge >= 0.3 is 0 Å². The second kappa shape index (κ2) is 6.09. The third-order valence-electron chi connectivity index (χ3n) is 3.28. The Kier molecular flexibility index (Phi) is 4.47. The number of hydrogen-bond donors (Lipinski definition) is 2. The number of amidine groups is 1. The van der Waals surface area contributed by atoms with Gasteiger partial charge in [-0.1, -0.05) is 33.9 Å². The first-order valence-electron chi connectivity index (χ1n) is 6.11. The van der Waals surface area contributed by atoms with Crippen LogP contribution in [-0.2, 0) is 0 Å². The van der Waals surface area contributed by atoms with Crippen LogP contribution in [0.15, 0.2) is 27.8 Å². The van der Waals surface area contributed by atoms with E-state index in [-0.39, 0.29) is 5.84 Å². The Bertz CT molecular complexity index is 443. The van der Waals surface area contributed by atoms with E-state index in [9.17, 15) is 0 Å². The van der Waals surface area contributed by atoms with Crippen molar-refractivity contribution in [2.45, 2.75) is 25.7 Å². The third kappa shape index (κ3) is 3.16. The Morgan fingerprint density at radius 2 is 2.17 bits per heavy atom. The quantitative estimate of drug-likeness (QED) is 0.388. The predicted molar refractivity (Wildman–Crippen MR) is 74.1 cm³/mol. The number of nitrogens with zero attached hydrogens (tertiary/aromatic N) is 1. The first kappa shape index (κ1) is 13.2. The summed E-state index contributed by atoms with van der Waals surface area (Å²) in [6, 6.07) is 5.47. The average Bonchev–Trinajstić information content (AvgIpc) is 2.88. The van der Waals surface area contributed by atoms with Gasteiger partial charge < -0.3 is 15.7 Å². The molecule has 0 aliphatic heterocycles. The predicted octanol–water partition coefficient (Wildman–Crippen LogP) is 3.11. The van der Waals surface area contributed by atoms with Crippen LogP contribution in [0.5, 0.6) is 5.75 Å². The molecule has 18 heavy (non-hydrogen) atoms. The Morgan fingerprint density at radius 1 is 1.44 bits per heavy atom. The molecule has 5 heteroatoms. The van der Waals surface area contributed by atoms with Crippen LogP contribution in [0.1, 0.15) is 31.2 Å². The average molecular weight is 313 g/mol. The van der Waals surface area contributed by atoms with Gasteiger partial charge in [0.25, 0.3) is 0 Å². The molecule has 1 aromatic rings. The number of hydrogen-bond acceptors (Lipinski definition) is 3. The minimum atomic E-state index is 0.0731. The number of benzene rings is 1. The maximum Gasteiger partial charge on any atom is 0.173 e. The van der Waals surface area contributed by atoms with Gasteiger partial charge in [-0.05, 0) is 37.0 Å². The molecule has 0 spiro atoms. The van der Waals surface area contributed by atoms with Crippen LogP contribution in [0.3, 0.4) is 0 Å². The van der Waals surface area contributed by atoms with Crippen LogP contribution < -0.4 is 10.5 Å². The van der Waals surface area contributed by atoms with E-state index < -0.39 is 0 Å². The van der Waals surface area contributed by atoms with Gasteiger partial charge in [-0.15, -0.1) is 0 Å². The highest BCUT2D eigenvalue weighted by atomic mass is 79.9. The summed E-state index contributed by atoms with van der Waals surface area (Å²) in [6.45, 7) is 0.697. The molecule has 2 rings (SSSR count). The van der Waals surface area contributed by atoms with Crippen molar-refractivity contribution in [1.29, 1.82) is 0 Å². The molecule has 0 radical (unpaired) electrons. The summed E-state index contributed by atoms with van der Waals surface area (Å²) < 4.78 is 6.74. The molecule has 0 saturated heterocycles. The molecule has 0 aromatic heterocycles. The third-order valence-corrected chi connectivity index (χ3v) is 3.77. The summed E-state index contributed by atoms with van der Waals surface area (Å²) in [7, 11) is 0. The zero-order valence-corrected chi connectivity index (χ0v) is 11.7. The highest BCUT2D eigenvalue weighted by molar-refractivity contribution is 9.10. The van der Waals surface area contributed by atoms with E-state index >= 15 is 0 Å². The number of nitrogens with two attached hydrogens (primary N) is 1. The lowest BCUT2D eigenvalue weighted by atomic mass is 10.1. The van der Waals surface area contributed by atoms with Gasteiger partial charge in [-0.25, -0.2) is 0 Å². The number of halogens is 1. The van der Waals surface area contributed by atoms with Crippen molar-refractivity contribution in [2.24, 2.45) is 16.8 Å². The first-order valence-corrected chi connectivity index (χ1v) is 6.90. The molecule has 1 fully saturated rings. The minimum absolute atomic E-state index is 0.0731. The van der Waals surface area contributed by atoms with Gasteiger partial charge in [-0.2, -0.15) is 0 Å². The van der Waals surface area contributed by atoms with Crippen molar-refractivity contribution >= 4 is 21.8 Å². The molecule has 0 atom stereocenters. The monoisotopic (exact) mass is 312 g/mol. The lowest BCUT2D eigenvalue weighted by Crippen LogP contribution is -2.16. The van der Waals surface area contributed by atoms with Gasteiger partial charge in [0.05, 0.1) is 12.2 Å². The zero-order chi connectivity index (χ0) is 13.0. The van der Waals surface area contributed by atoms with E-state index in [4.69, 9.17) is 15.7 Å². The van der Waals surface area contributed by atoms with E-state index in [1.807, 2.05) is 12.1 Å². The van der Waals surface area contributed by atoms with E-state index in [0.717, 1.165) is 4.47 Å². The Morgan fingerprint density at radius 3 is 2.83 bits per heavy atom. The van der Waals surface area contributed by atoms with Crippen molar-refractivity contribution in [3.63, 3.8) is 0 Å². The molecule has 1 aliphatic carbocycles. The van der Waals surface area contributed by atoms with Crippen molar-refractivity contribution in [2.75, 3.05) is 6.61 Å². The molecular weight excluding hydrogens is 296 g/mol. The van der Waals surface area contributed by atoms with Gasteiger partial charge in [0.15, 0.2) is 5.84 Å². The second-order valence-corrected chi connectivity index (χ2v) is 5.50. The van der Waals surface area contributed by atoms with Gasteiger partial charge in [0.1, 0.15) is 5.75 Å². The molecule has 0 unspecified atom stereocenters. The lowest BCUT2D eigenvalue weighted by Gasteiger charge is -2.14. The molecule has 98 valence electrons. The van der Waals surface area contributed by atoms with E-state index in [2.05, 4.69) is 21.1 Å². The van der Waals surface area contributed by atoms with E-state index in [0.29, 0.717) is 23.8 Å². The highest BCUT2D eigenvalue weighted by Gasteiger charge is 2.17. The summed E-state index contributed by atoms with van der Waals surface area (Å²) in [5, 5.41) is 11.8. The number of ether oxygens (including phenoxy) is 1. The van der Waals surface area contributed by atoms with Crippen molar-refractivity contribution in [1.82, 2.24) is 0 Å². The van der Waals surface area contributed by atoms with Crippen LogP contribution in [0.25, 0.3) is 0 Å². The largest absolute Gasteiger partial charge is 0.492 e. The molecule has 0 heterocycles. The number of rotatable bonds is 4. The van der Waals surface area contributed by atoms with Crippen molar-refractivity contribution < 1.29 is 9.94 Å². The Labute approximate surface area is 115 Å².